The molecule has 0 unspecified atom stereocenters. The molecule has 0 atom stereocenters. The topological polar surface area (TPSA) is 81.4 Å². The molecule has 10 heteroatoms. The van der Waals surface area contributed by atoms with Crippen molar-refractivity contribution in [3.63, 3.8) is 0 Å². The van der Waals surface area contributed by atoms with Crippen LogP contribution in [0.1, 0.15) is 24.4 Å². The Morgan fingerprint density at radius 1 is 1.37 bits per heavy atom. The first kappa shape index (κ1) is 16.8. The molecule has 0 spiro atoms. The molecular formula is C9H13N2O4PS3. The van der Waals surface area contributed by atoms with E-state index in [0.717, 1.165) is 34.7 Å². The van der Waals surface area contributed by atoms with E-state index in [0.29, 0.717) is 23.8 Å². The molecule has 19 heavy (non-hydrogen) atoms. The Labute approximate surface area is 124 Å². The quantitative estimate of drug-likeness (QED) is 0.515. The summed E-state index contributed by atoms with van der Waals surface area (Å²) in [5, 5.41) is 9.03. The minimum Gasteiger partial charge on any atom is -0.398 e. The van der Waals surface area contributed by atoms with Gasteiger partial charge in [0.25, 0.3) is 5.19 Å². The molecule has 0 bridgehead atoms. The summed E-state index contributed by atoms with van der Waals surface area (Å²) >= 11 is 2.52. The molecule has 106 valence electrons. The Bertz CT molecular complexity index is 490. The van der Waals surface area contributed by atoms with Crippen LogP contribution in [0.25, 0.3) is 0 Å². The van der Waals surface area contributed by atoms with Crippen LogP contribution in [0.4, 0.5) is 0 Å². The molecule has 0 aliphatic rings. The van der Waals surface area contributed by atoms with Crippen molar-refractivity contribution in [2.24, 2.45) is 0 Å². The van der Waals surface area contributed by atoms with E-state index in [1.165, 1.54) is 0 Å². The van der Waals surface area contributed by atoms with Gasteiger partial charge in [0.1, 0.15) is 34.3 Å². The number of hydrogen-bond acceptors (Lipinski definition) is 9. The van der Waals surface area contributed by atoms with Crippen LogP contribution in [-0.2, 0) is 12.9 Å². The van der Waals surface area contributed by atoms with Crippen LogP contribution < -0.4 is 4.52 Å². The van der Waals surface area contributed by atoms with Crippen molar-refractivity contribution in [3.8, 4) is 11.3 Å². The highest BCUT2D eigenvalue weighted by atomic mass is 33.1. The third kappa shape index (κ3) is 5.34. The Hall–Kier alpha value is -0.230. The van der Waals surface area contributed by atoms with E-state index in [1.807, 2.05) is 6.07 Å². The second kappa shape index (κ2) is 8.15. The monoisotopic (exact) mass is 340 g/mol. The second-order valence-corrected chi connectivity index (χ2v) is 10.3. The Balaban J connectivity index is 2.81. The van der Waals surface area contributed by atoms with Crippen molar-refractivity contribution in [1.82, 2.24) is 4.98 Å². The Kier molecular flexibility index (Phi) is 7.21. The van der Waals surface area contributed by atoms with Crippen LogP contribution in [-0.4, -0.2) is 18.2 Å². The van der Waals surface area contributed by atoms with Crippen LogP contribution in [0.15, 0.2) is 0 Å². The van der Waals surface area contributed by atoms with Gasteiger partial charge in [0.2, 0.25) is 0 Å². The molecule has 0 aliphatic heterocycles. The average Bonchev–Trinajstić information content (AvgIpc) is 2.74. The Morgan fingerprint density at radius 2 is 1.95 bits per heavy atom. The van der Waals surface area contributed by atoms with Gasteiger partial charge >= 0.3 is 5.77 Å². The number of aryl methyl sites for hydroxylation is 1. The molecule has 1 rings (SSSR count). The van der Waals surface area contributed by atoms with Gasteiger partial charge < -0.3 is 12.9 Å². The number of thiazole rings is 1. The maximum Gasteiger partial charge on any atom is 0.413 e. The fourth-order valence-electron chi connectivity index (χ4n) is 0.887. The van der Waals surface area contributed by atoms with Crippen molar-refractivity contribution in [2.75, 3.05) is 13.2 Å². The van der Waals surface area contributed by atoms with Crippen molar-refractivity contribution in [2.45, 2.75) is 20.8 Å². The summed E-state index contributed by atoms with van der Waals surface area (Å²) in [6.07, 6.45) is 0. The molecule has 0 saturated carbocycles. The lowest BCUT2D eigenvalue weighted by atomic mass is 10.4. The molecule has 1 heterocycles. The van der Waals surface area contributed by atoms with Gasteiger partial charge in [-0.3, -0.25) is 0 Å². The first-order valence-corrected chi connectivity index (χ1v) is 10.5. The number of hydrogen-bond donors (Lipinski definition) is 0. The lowest BCUT2D eigenvalue weighted by Gasteiger charge is -2.13. The lowest BCUT2D eigenvalue weighted by molar-refractivity contribution is 0.398. The predicted molar refractivity (Wildman–Crippen MR) is 78.2 cm³/mol. The van der Waals surface area contributed by atoms with Gasteiger partial charge in [0.15, 0.2) is 0 Å². The van der Waals surface area contributed by atoms with E-state index in [4.69, 9.17) is 18.2 Å². The highest BCUT2D eigenvalue weighted by Gasteiger charge is 2.31. The molecule has 0 saturated heterocycles. The molecule has 1 aromatic heterocycles. The van der Waals surface area contributed by atoms with Gasteiger partial charge in [-0.2, -0.15) is 5.26 Å². The van der Waals surface area contributed by atoms with Gasteiger partial charge in [-0.1, -0.05) is 11.3 Å². The normalized spacial score (nSPS) is 11.3. The minimum atomic E-state index is -3.26. The molecule has 6 nitrogen and oxygen atoms in total. The van der Waals surface area contributed by atoms with Crippen molar-refractivity contribution in [3.05, 3.63) is 10.6 Å². The van der Waals surface area contributed by atoms with Crippen molar-refractivity contribution < 1.29 is 17.5 Å². The lowest BCUT2D eigenvalue weighted by Crippen LogP contribution is -1.90. The summed E-state index contributed by atoms with van der Waals surface area (Å²) in [6.45, 7) is 6.04. The number of nitriles is 1. The van der Waals surface area contributed by atoms with Crippen LogP contribution in [0.3, 0.4) is 0 Å². The van der Waals surface area contributed by atoms with Gasteiger partial charge in [0, 0.05) is 0 Å². The molecule has 0 aromatic carbocycles. The summed E-state index contributed by atoms with van der Waals surface area (Å²) in [7, 11) is 0. The minimum absolute atomic E-state index is 0.178. The van der Waals surface area contributed by atoms with Gasteiger partial charge in [-0.05, 0) is 20.8 Å². The smallest absolute Gasteiger partial charge is 0.398 e. The highest BCUT2D eigenvalue weighted by molar-refractivity contribution is 8.87. The zero-order valence-corrected chi connectivity index (χ0v) is 14.0. The van der Waals surface area contributed by atoms with E-state index in [1.54, 1.807) is 20.8 Å². The third-order valence-corrected chi connectivity index (χ3v) is 7.37. The molecule has 1 aromatic rings. The summed E-state index contributed by atoms with van der Waals surface area (Å²) in [4.78, 5) is 4.48. The number of nitrogens with zero attached hydrogens (tertiary/aromatic N) is 2. The fourth-order valence-corrected chi connectivity index (χ4v) is 6.10. The maximum absolute atomic E-state index is 12.4. The second-order valence-electron chi connectivity index (χ2n) is 3.01. The van der Waals surface area contributed by atoms with E-state index < -0.39 is 5.77 Å². The maximum atomic E-state index is 12.4. The van der Waals surface area contributed by atoms with Gasteiger partial charge in [-0.15, -0.1) is 0 Å². The van der Waals surface area contributed by atoms with E-state index >= 15 is 0 Å². The zero-order valence-electron chi connectivity index (χ0n) is 10.6. The van der Waals surface area contributed by atoms with E-state index in [2.05, 4.69) is 4.98 Å². The standard InChI is InChI=1S/C9H13N2O4PS3/c1-4-13-18-16(12,19-14-5-2)15-9-11-7(3)8(6-10)17-9/h4-5H2,1-3H3. The third-order valence-electron chi connectivity index (χ3n) is 1.59. The van der Waals surface area contributed by atoms with Crippen LogP contribution >= 0.6 is 40.4 Å². The summed E-state index contributed by atoms with van der Waals surface area (Å²) in [5.74, 6) is -3.26. The largest absolute Gasteiger partial charge is 0.413 e. The average molecular weight is 340 g/mol. The van der Waals surface area contributed by atoms with Crippen molar-refractivity contribution in [1.29, 1.82) is 5.26 Å². The highest BCUT2D eigenvalue weighted by Crippen LogP contribution is 2.69. The van der Waals surface area contributed by atoms with Crippen LogP contribution in [0, 0.1) is 18.3 Å². The van der Waals surface area contributed by atoms with E-state index in [-0.39, 0.29) is 5.19 Å². The first-order valence-electron chi connectivity index (χ1n) is 5.34. The molecule has 0 N–H and O–H groups in total. The zero-order chi connectivity index (χ0) is 14.3. The van der Waals surface area contributed by atoms with Crippen molar-refractivity contribution >= 4 is 40.4 Å². The summed E-state index contributed by atoms with van der Waals surface area (Å²) < 4.78 is 27.9. The SMILES string of the molecule is CCOSP(=O)(Oc1nc(C)c(C#N)s1)SOCC. The van der Waals surface area contributed by atoms with Crippen LogP contribution in [0.2, 0.25) is 0 Å². The molecule has 0 amide bonds. The van der Waals surface area contributed by atoms with Crippen LogP contribution in [0.5, 0.6) is 5.19 Å². The Morgan fingerprint density at radius 3 is 2.37 bits per heavy atom. The summed E-state index contributed by atoms with van der Waals surface area (Å²) in [6, 6.07) is 2.00. The predicted octanol–water partition coefficient (Wildman–Crippen LogP) is 4.18. The van der Waals surface area contributed by atoms with E-state index in [9.17, 15) is 4.57 Å². The molecule has 0 fully saturated rings. The van der Waals surface area contributed by atoms with Gasteiger partial charge in [0.05, 0.1) is 18.9 Å². The number of aromatic nitrogens is 1. The molecular weight excluding hydrogens is 327 g/mol. The number of rotatable bonds is 8. The molecule has 0 radical (unpaired) electrons. The first-order chi connectivity index (χ1) is 9.04. The summed E-state index contributed by atoms with van der Waals surface area (Å²) in [5.41, 5.74) is 0.553. The fraction of sp³-hybridized carbons (Fsp3) is 0.556. The van der Waals surface area contributed by atoms with Gasteiger partial charge in [-0.25, -0.2) is 9.55 Å². The molecule has 0 aliphatic carbocycles.